The van der Waals surface area contributed by atoms with Crippen LogP contribution in [0.15, 0.2) is 29.2 Å². The molecule has 2 atom stereocenters. The fourth-order valence-corrected chi connectivity index (χ4v) is 3.79. The molecule has 0 aliphatic carbocycles. The summed E-state index contributed by atoms with van der Waals surface area (Å²) in [4.78, 5) is 10.1. The molecular formula is C12H18ClN3O4S. The second kappa shape index (κ2) is 6.69. The van der Waals surface area contributed by atoms with E-state index in [4.69, 9.17) is 5.73 Å². The molecule has 118 valence electrons. The molecule has 21 heavy (non-hydrogen) atoms. The molecule has 1 fully saturated rings. The summed E-state index contributed by atoms with van der Waals surface area (Å²) >= 11 is 0. The summed E-state index contributed by atoms with van der Waals surface area (Å²) in [5, 5.41) is 10.6. The SMILES string of the molecule is CC1CN(S(=O)(=O)c2ccc([N+](=O)[O-])cc2)CCC1N.Cl. The van der Waals surface area contributed by atoms with Gasteiger partial charge in [-0.2, -0.15) is 4.31 Å². The van der Waals surface area contributed by atoms with Gasteiger partial charge in [-0.3, -0.25) is 10.1 Å². The van der Waals surface area contributed by atoms with E-state index < -0.39 is 14.9 Å². The maximum atomic E-state index is 12.4. The van der Waals surface area contributed by atoms with Crippen molar-refractivity contribution < 1.29 is 13.3 Å². The number of piperidine rings is 1. The minimum Gasteiger partial charge on any atom is -0.327 e. The number of nitro groups is 1. The average molecular weight is 336 g/mol. The van der Waals surface area contributed by atoms with Crippen LogP contribution in [0.2, 0.25) is 0 Å². The van der Waals surface area contributed by atoms with Crippen LogP contribution in [0.25, 0.3) is 0 Å². The number of nitro benzene ring substituents is 1. The summed E-state index contributed by atoms with van der Waals surface area (Å²) in [7, 11) is -3.61. The van der Waals surface area contributed by atoms with Gasteiger partial charge in [0, 0.05) is 31.3 Å². The number of nitrogens with zero attached hydrogens (tertiary/aromatic N) is 2. The summed E-state index contributed by atoms with van der Waals surface area (Å²) in [5.74, 6) is 0.0940. The molecule has 9 heteroatoms. The van der Waals surface area contributed by atoms with Crippen LogP contribution >= 0.6 is 12.4 Å². The molecule has 1 heterocycles. The van der Waals surface area contributed by atoms with Crippen molar-refractivity contribution in [3.63, 3.8) is 0 Å². The standard InChI is InChI=1S/C12H17N3O4S.ClH/c1-9-8-14(7-6-12(9)13)20(18,19)11-4-2-10(3-5-11)15(16)17;/h2-5,9,12H,6-8,13H2,1H3;1H. The van der Waals surface area contributed by atoms with E-state index in [2.05, 4.69) is 0 Å². The zero-order chi connectivity index (χ0) is 14.9. The van der Waals surface area contributed by atoms with Gasteiger partial charge in [0.05, 0.1) is 9.82 Å². The summed E-state index contributed by atoms with van der Waals surface area (Å²) in [6.45, 7) is 2.67. The second-order valence-electron chi connectivity index (χ2n) is 5.04. The zero-order valence-electron chi connectivity index (χ0n) is 11.5. The van der Waals surface area contributed by atoms with Gasteiger partial charge in [-0.15, -0.1) is 12.4 Å². The third kappa shape index (κ3) is 3.70. The van der Waals surface area contributed by atoms with Crippen LogP contribution in [0.1, 0.15) is 13.3 Å². The fourth-order valence-electron chi connectivity index (χ4n) is 2.23. The summed E-state index contributed by atoms with van der Waals surface area (Å²) in [5.41, 5.74) is 5.75. The summed E-state index contributed by atoms with van der Waals surface area (Å²) in [6, 6.07) is 4.95. The molecule has 0 saturated carbocycles. The van der Waals surface area contributed by atoms with Crippen LogP contribution in [0.4, 0.5) is 5.69 Å². The van der Waals surface area contributed by atoms with Gasteiger partial charge in [-0.1, -0.05) is 6.92 Å². The Labute approximate surface area is 129 Å². The number of hydrogen-bond acceptors (Lipinski definition) is 5. The topological polar surface area (TPSA) is 107 Å². The third-order valence-corrected chi connectivity index (χ3v) is 5.50. The van der Waals surface area contributed by atoms with Gasteiger partial charge in [-0.05, 0) is 24.5 Å². The number of non-ortho nitro benzene ring substituents is 1. The van der Waals surface area contributed by atoms with Crippen molar-refractivity contribution in [2.24, 2.45) is 11.7 Å². The van der Waals surface area contributed by atoms with E-state index in [1.54, 1.807) is 0 Å². The molecule has 0 amide bonds. The van der Waals surface area contributed by atoms with Gasteiger partial charge in [0.15, 0.2) is 0 Å². The van der Waals surface area contributed by atoms with Gasteiger partial charge in [0.25, 0.3) is 5.69 Å². The molecule has 0 aromatic heterocycles. The predicted octanol–water partition coefficient (Wildman–Crippen LogP) is 1.37. The molecule has 2 unspecified atom stereocenters. The molecule has 2 N–H and O–H groups in total. The average Bonchev–Trinajstić information content (AvgIpc) is 2.41. The largest absolute Gasteiger partial charge is 0.327 e. The lowest BCUT2D eigenvalue weighted by Crippen LogP contribution is -2.48. The number of hydrogen-bond donors (Lipinski definition) is 1. The van der Waals surface area contributed by atoms with Crippen LogP contribution in [-0.2, 0) is 10.0 Å². The van der Waals surface area contributed by atoms with Crippen molar-refractivity contribution >= 4 is 28.1 Å². The van der Waals surface area contributed by atoms with E-state index in [0.717, 1.165) is 0 Å². The Kier molecular flexibility index (Phi) is 5.68. The van der Waals surface area contributed by atoms with E-state index in [1.807, 2.05) is 6.92 Å². The normalized spacial score (nSPS) is 23.3. The number of benzene rings is 1. The smallest absolute Gasteiger partial charge is 0.269 e. The highest BCUT2D eigenvalue weighted by molar-refractivity contribution is 7.89. The van der Waals surface area contributed by atoms with E-state index >= 15 is 0 Å². The Morgan fingerprint density at radius 1 is 1.33 bits per heavy atom. The van der Waals surface area contributed by atoms with E-state index in [0.29, 0.717) is 19.5 Å². The number of halogens is 1. The maximum absolute atomic E-state index is 12.4. The predicted molar refractivity (Wildman–Crippen MR) is 80.9 cm³/mol. The Morgan fingerprint density at radius 2 is 1.90 bits per heavy atom. The van der Waals surface area contributed by atoms with Crippen molar-refractivity contribution in [3.8, 4) is 0 Å². The van der Waals surface area contributed by atoms with E-state index in [9.17, 15) is 18.5 Å². The van der Waals surface area contributed by atoms with Gasteiger partial charge < -0.3 is 5.73 Å². The van der Waals surface area contributed by atoms with Gasteiger partial charge in [-0.25, -0.2) is 8.42 Å². The summed E-state index contributed by atoms with van der Waals surface area (Å²) in [6.07, 6.45) is 0.618. The van der Waals surface area contributed by atoms with E-state index in [-0.39, 0.29) is 34.9 Å². The molecular weight excluding hydrogens is 318 g/mol. The van der Waals surface area contributed by atoms with Gasteiger partial charge in [0.1, 0.15) is 0 Å². The highest BCUT2D eigenvalue weighted by atomic mass is 35.5. The van der Waals surface area contributed by atoms with Crippen LogP contribution in [0.3, 0.4) is 0 Å². The van der Waals surface area contributed by atoms with Crippen molar-refractivity contribution in [1.29, 1.82) is 0 Å². The van der Waals surface area contributed by atoms with Gasteiger partial charge in [0.2, 0.25) is 10.0 Å². The van der Waals surface area contributed by atoms with Crippen molar-refractivity contribution in [3.05, 3.63) is 34.4 Å². The zero-order valence-corrected chi connectivity index (χ0v) is 13.1. The molecule has 0 radical (unpaired) electrons. The molecule has 7 nitrogen and oxygen atoms in total. The number of nitrogens with two attached hydrogens (primary N) is 1. The minimum absolute atomic E-state index is 0. The van der Waals surface area contributed by atoms with Crippen molar-refractivity contribution in [2.45, 2.75) is 24.3 Å². The maximum Gasteiger partial charge on any atom is 0.269 e. The second-order valence-corrected chi connectivity index (χ2v) is 6.98. The first-order chi connectivity index (χ1) is 9.32. The fraction of sp³-hybridized carbons (Fsp3) is 0.500. The number of rotatable bonds is 3. The highest BCUT2D eigenvalue weighted by Gasteiger charge is 2.32. The molecule has 2 rings (SSSR count). The van der Waals surface area contributed by atoms with Crippen LogP contribution < -0.4 is 5.73 Å². The highest BCUT2D eigenvalue weighted by Crippen LogP contribution is 2.24. The third-order valence-electron chi connectivity index (χ3n) is 3.62. The van der Waals surface area contributed by atoms with Crippen LogP contribution in [-0.4, -0.2) is 36.8 Å². The first kappa shape index (κ1) is 17.8. The first-order valence-corrected chi connectivity index (χ1v) is 7.76. The molecule has 1 aliphatic rings. The Balaban J connectivity index is 0.00000220. The quantitative estimate of drug-likeness (QED) is 0.663. The Bertz CT molecular complexity index is 605. The van der Waals surface area contributed by atoms with Crippen molar-refractivity contribution in [2.75, 3.05) is 13.1 Å². The van der Waals surface area contributed by atoms with Crippen LogP contribution in [0.5, 0.6) is 0 Å². The molecule has 0 spiro atoms. The van der Waals surface area contributed by atoms with Crippen molar-refractivity contribution in [1.82, 2.24) is 4.31 Å². The Hall–Kier alpha value is -1.22. The monoisotopic (exact) mass is 335 g/mol. The molecule has 1 aromatic rings. The summed E-state index contributed by atoms with van der Waals surface area (Å²) < 4.78 is 26.3. The Morgan fingerprint density at radius 3 is 2.38 bits per heavy atom. The lowest BCUT2D eigenvalue weighted by molar-refractivity contribution is -0.384. The number of sulfonamides is 1. The molecule has 1 aliphatic heterocycles. The first-order valence-electron chi connectivity index (χ1n) is 6.32. The van der Waals surface area contributed by atoms with Crippen LogP contribution in [0, 0.1) is 16.0 Å². The lowest BCUT2D eigenvalue weighted by Gasteiger charge is -2.34. The lowest BCUT2D eigenvalue weighted by atomic mass is 9.96. The van der Waals surface area contributed by atoms with E-state index in [1.165, 1.54) is 28.6 Å². The molecule has 1 aromatic carbocycles. The molecule has 1 saturated heterocycles. The minimum atomic E-state index is -3.61. The molecule has 0 bridgehead atoms. The van der Waals surface area contributed by atoms with Gasteiger partial charge >= 0.3 is 0 Å².